The summed E-state index contributed by atoms with van der Waals surface area (Å²) < 4.78 is 36.0. The van der Waals surface area contributed by atoms with Crippen LogP contribution in [0.2, 0.25) is 5.04 Å². The molecule has 0 spiro atoms. The van der Waals surface area contributed by atoms with Crippen molar-refractivity contribution in [2.24, 2.45) is 0 Å². The zero-order valence-electron chi connectivity index (χ0n) is 17.8. The number of hydrogen-bond donors (Lipinski definition) is 0. The fourth-order valence-electron chi connectivity index (χ4n) is 4.85. The van der Waals surface area contributed by atoms with E-state index in [1.807, 2.05) is 36.4 Å². The molecular weight excluding hydrogens is 394 g/mol. The second-order valence-electron chi connectivity index (χ2n) is 9.12. The van der Waals surface area contributed by atoms with Crippen molar-refractivity contribution >= 4 is 18.7 Å². The first-order chi connectivity index (χ1) is 14.3. The van der Waals surface area contributed by atoms with E-state index in [-0.39, 0.29) is 11.1 Å². The van der Waals surface area contributed by atoms with Gasteiger partial charge in [-0.2, -0.15) is 0 Å². The Morgan fingerprint density at radius 3 is 1.97 bits per heavy atom. The molecule has 0 unspecified atom stereocenters. The van der Waals surface area contributed by atoms with Crippen LogP contribution in [0.1, 0.15) is 50.8 Å². The standard InChI is InChI=1S/C26H28F2OSi/c1-26(2,3)30(21-12-6-4-7-13-21,22-14-8-5-9-15-22)29-24-16-10-11-19-17-20(27)18-23(28)25(19)24/h4-9,12-15,17-18,24H,10-11,16H2,1-3H3/t24-/m1/s1. The second-order valence-corrected chi connectivity index (χ2v) is 13.4. The summed E-state index contributed by atoms with van der Waals surface area (Å²) in [5.41, 5.74) is 1.28. The first-order valence-corrected chi connectivity index (χ1v) is 12.5. The maximum atomic E-state index is 15.0. The molecule has 0 aliphatic heterocycles. The van der Waals surface area contributed by atoms with Gasteiger partial charge in [0.15, 0.2) is 0 Å². The van der Waals surface area contributed by atoms with Gasteiger partial charge in [-0.15, -0.1) is 0 Å². The van der Waals surface area contributed by atoms with Crippen LogP contribution >= 0.6 is 0 Å². The topological polar surface area (TPSA) is 9.23 Å². The SMILES string of the molecule is CC(C)(C)[Si](O[C@@H]1CCCc2cc(F)cc(F)c21)(c1ccccc1)c1ccccc1. The number of halogens is 2. The van der Waals surface area contributed by atoms with Gasteiger partial charge in [-0.1, -0.05) is 81.4 Å². The van der Waals surface area contributed by atoms with E-state index < -0.39 is 20.0 Å². The number of fused-ring (bicyclic) bond motifs is 1. The summed E-state index contributed by atoms with van der Waals surface area (Å²) in [6.07, 6.45) is 1.89. The summed E-state index contributed by atoms with van der Waals surface area (Å²) in [6.45, 7) is 6.64. The first kappa shape index (κ1) is 20.9. The number of aryl methyl sites for hydroxylation is 1. The minimum absolute atomic E-state index is 0.191. The van der Waals surface area contributed by atoms with E-state index in [0.29, 0.717) is 12.0 Å². The van der Waals surface area contributed by atoms with Crippen molar-refractivity contribution in [1.29, 1.82) is 0 Å². The van der Waals surface area contributed by atoms with E-state index in [9.17, 15) is 8.78 Å². The van der Waals surface area contributed by atoms with Gasteiger partial charge < -0.3 is 4.43 Å². The Morgan fingerprint density at radius 1 is 0.867 bits per heavy atom. The molecule has 30 heavy (non-hydrogen) atoms. The van der Waals surface area contributed by atoms with E-state index in [2.05, 4.69) is 45.0 Å². The molecule has 1 atom stereocenters. The minimum Gasteiger partial charge on any atom is -0.400 e. The Morgan fingerprint density at radius 2 is 1.43 bits per heavy atom. The second kappa shape index (κ2) is 8.08. The fourth-order valence-corrected chi connectivity index (χ4v) is 9.53. The average molecular weight is 423 g/mol. The van der Waals surface area contributed by atoms with E-state index in [1.165, 1.54) is 16.4 Å². The van der Waals surface area contributed by atoms with Crippen LogP contribution in [0.3, 0.4) is 0 Å². The molecule has 0 N–H and O–H groups in total. The van der Waals surface area contributed by atoms with Crippen LogP contribution in [0.15, 0.2) is 72.8 Å². The molecule has 0 amide bonds. The summed E-state index contributed by atoms with van der Waals surface area (Å²) in [5, 5.41) is 2.14. The lowest BCUT2D eigenvalue weighted by Crippen LogP contribution is -2.67. The molecule has 0 heterocycles. The quantitative estimate of drug-likeness (QED) is 0.474. The lowest BCUT2D eigenvalue weighted by atomic mass is 9.89. The van der Waals surface area contributed by atoms with Crippen molar-refractivity contribution in [2.45, 2.75) is 51.2 Å². The van der Waals surface area contributed by atoms with Gasteiger partial charge in [-0.25, -0.2) is 8.78 Å². The lowest BCUT2D eigenvalue weighted by molar-refractivity contribution is 0.164. The van der Waals surface area contributed by atoms with E-state index in [4.69, 9.17) is 4.43 Å². The third kappa shape index (κ3) is 3.63. The average Bonchev–Trinajstić information content (AvgIpc) is 2.72. The lowest BCUT2D eigenvalue weighted by Gasteiger charge is -2.46. The predicted molar refractivity (Wildman–Crippen MR) is 121 cm³/mol. The Balaban J connectivity index is 1.92. The van der Waals surface area contributed by atoms with Gasteiger partial charge in [0.25, 0.3) is 8.32 Å². The van der Waals surface area contributed by atoms with Crippen LogP contribution in [-0.4, -0.2) is 8.32 Å². The Labute approximate surface area is 178 Å². The van der Waals surface area contributed by atoms with Crippen LogP contribution in [0.4, 0.5) is 8.78 Å². The highest BCUT2D eigenvalue weighted by Crippen LogP contribution is 2.43. The smallest absolute Gasteiger partial charge is 0.261 e. The zero-order valence-corrected chi connectivity index (χ0v) is 18.8. The van der Waals surface area contributed by atoms with Crippen LogP contribution < -0.4 is 10.4 Å². The number of rotatable bonds is 4. The molecule has 1 nitrogen and oxygen atoms in total. The van der Waals surface area contributed by atoms with Crippen LogP contribution in [-0.2, 0) is 10.8 Å². The molecule has 4 heteroatoms. The molecule has 4 rings (SSSR count). The van der Waals surface area contributed by atoms with E-state index >= 15 is 0 Å². The van der Waals surface area contributed by atoms with Gasteiger partial charge in [-0.05, 0) is 46.3 Å². The van der Waals surface area contributed by atoms with Gasteiger partial charge in [0.2, 0.25) is 0 Å². The van der Waals surface area contributed by atoms with Gasteiger partial charge in [0, 0.05) is 11.6 Å². The molecule has 0 bridgehead atoms. The molecule has 1 aliphatic carbocycles. The Bertz CT molecular complexity index is 973. The third-order valence-electron chi connectivity index (χ3n) is 6.15. The largest absolute Gasteiger partial charge is 0.400 e. The zero-order chi connectivity index (χ0) is 21.4. The molecule has 3 aromatic carbocycles. The summed E-state index contributed by atoms with van der Waals surface area (Å²) in [5.74, 6) is -1.01. The highest BCUT2D eigenvalue weighted by molar-refractivity contribution is 6.99. The van der Waals surface area contributed by atoms with Crippen molar-refractivity contribution in [3.8, 4) is 0 Å². The number of hydrogen-bond acceptors (Lipinski definition) is 1. The highest BCUT2D eigenvalue weighted by Gasteiger charge is 2.52. The first-order valence-electron chi connectivity index (χ1n) is 10.6. The summed E-state index contributed by atoms with van der Waals surface area (Å²) >= 11 is 0. The molecule has 1 aliphatic rings. The van der Waals surface area contributed by atoms with E-state index in [1.54, 1.807) is 0 Å². The summed E-state index contributed by atoms with van der Waals surface area (Å²) in [4.78, 5) is 0. The van der Waals surface area contributed by atoms with E-state index in [0.717, 1.165) is 24.5 Å². The van der Waals surface area contributed by atoms with Crippen molar-refractivity contribution in [3.63, 3.8) is 0 Å². The molecular formula is C26H28F2OSi. The normalized spacial score (nSPS) is 16.9. The molecule has 0 radical (unpaired) electrons. The van der Waals surface area contributed by atoms with Gasteiger partial charge in [-0.3, -0.25) is 0 Å². The number of benzene rings is 3. The molecule has 3 aromatic rings. The highest BCUT2D eigenvalue weighted by atomic mass is 28.4. The Kier molecular flexibility index (Phi) is 5.65. The summed E-state index contributed by atoms with van der Waals surface area (Å²) in [7, 11) is -2.80. The van der Waals surface area contributed by atoms with Crippen LogP contribution in [0.5, 0.6) is 0 Å². The molecule has 0 aromatic heterocycles. The van der Waals surface area contributed by atoms with Crippen LogP contribution in [0, 0.1) is 11.6 Å². The maximum Gasteiger partial charge on any atom is 0.261 e. The predicted octanol–water partition coefficient (Wildman–Crippen LogP) is 5.92. The molecule has 156 valence electrons. The third-order valence-corrected chi connectivity index (χ3v) is 11.2. The Hall–Kier alpha value is -2.30. The summed E-state index contributed by atoms with van der Waals surface area (Å²) in [6, 6.07) is 23.2. The molecule has 0 fully saturated rings. The minimum atomic E-state index is -2.80. The van der Waals surface area contributed by atoms with Crippen molar-refractivity contribution in [2.75, 3.05) is 0 Å². The van der Waals surface area contributed by atoms with Crippen molar-refractivity contribution in [1.82, 2.24) is 0 Å². The van der Waals surface area contributed by atoms with Gasteiger partial charge in [0.05, 0.1) is 6.10 Å². The van der Waals surface area contributed by atoms with Crippen molar-refractivity contribution < 1.29 is 13.2 Å². The monoisotopic (exact) mass is 422 g/mol. The molecule has 0 saturated heterocycles. The maximum absolute atomic E-state index is 15.0. The van der Waals surface area contributed by atoms with Gasteiger partial charge in [0.1, 0.15) is 11.6 Å². The van der Waals surface area contributed by atoms with Crippen LogP contribution in [0.25, 0.3) is 0 Å². The molecule has 0 saturated carbocycles. The van der Waals surface area contributed by atoms with Crippen molar-refractivity contribution in [3.05, 3.63) is 95.6 Å². The fraction of sp³-hybridized carbons (Fsp3) is 0.308. The van der Waals surface area contributed by atoms with Gasteiger partial charge >= 0.3 is 0 Å².